The van der Waals surface area contributed by atoms with Crippen LogP contribution in [0.15, 0.2) is 0 Å². The van der Waals surface area contributed by atoms with E-state index in [0.717, 1.165) is 6.42 Å². The first kappa shape index (κ1) is 11.2. The van der Waals surface area contributed by atoms with Crippen LogP contribution >= 0.6 is 0 Å². The van der Waals surface area contributed by atoms with Crippen LogP contribution in [0.1, 0.15) is 6.42 Å². The third-order valence-electron chi connectivity index (χ3n) is 3.18. The molecule has 2 fully saturated rings. The Balaban J connectivity index is 1.81. The summed E-state index contributed by atoms with van der Waals surface area (Å²) in [4.78, 5) is 26.4. The van der Waals surface area contributed by atoms with E-state index in [2.05, 4.69) is 4.74 Å². The van der Waals surface area contributed by atoms with Crippen molar-refractivity contribution in [2.75, 3.05) is 33.3 Å². The first-order chi connectivity index (χ1) is 7.63. The van der Waals surface area contributed by atoms with E-state index in [4.69, 9.17) is 5.73 Å². The van der Waals surface area contributed by atoms with Crippen LogP contribution in [0.5, 0.6) is 0 Å². The Labute approximate surface area is 94.3 Å². The third-order valence-corrected chi connectivity index (χ3v) is 3.18. The molecule has 6 heteroatoms. The van der Waals surface area contributed by atoms with Gasteiger partial charge in [-0.05, 0) is 6.42 Å². The van der Waals surface area contributed by atoms with Crippen molar-refractivity contribution in [1.82, 2.24) is 9.80 Å². The van der Waals surface area contributed by atoms with E-state index in [1.54, 1.807) is 9.80 Å². The van der Waals surface area contributed by atoms with Crippen molar-refractivity contribution in [2.24, 2.45) is 11.7 Å². The number of hydrogen-bond donors (Lipinski definition) is 1. The smallest absolute Gasteiger partial charge is 0.409 e. The molecule has 0 radical (unpaired) electrons. The molecule has 1 heterocycles. The number of ether oxygens (including phenoxy) is 1. The molecule has 2 aliphatic rings. The van der Waals surface area contributed by atoms with Crippen molar-refractivity contribution in [3.8, 4) is 0 Å². The van der Waals surface area contributed by atoms with Gasteiger partial charge in [-0.15, -0.1) is 0 Å². The Morgan fingerprint density at radius 3 is 2.12 bits per heavy atom. The minimum absolute atomic E-state index is 0.0182. The van der Waals surface area contributed by atoms with Gasteiger partial charge in [0.2, 0.25) is 5.91 Å². The van der Waals surface area contributed by atoms with Gasteiger partial charge >= 0.3 is 6.09 Å². The molecule has 0 aromatic heterocycles. The molecule has 6 nitrogen and oxygen atoms in total. The van der Waals surface area contributed by atoms with Crippen molar-refractivity contribution < 1.29 is 14.3 Å². The maximum absolute atomic E-state index is 11.8. The summed E-state index contributed by atoms with van der Waals surface area (Å²) in [7, 11) is 1.36. The average Bonchev–Trinajstić information content (AvgIpc) is 3.04. The monoisotopic (exact) mass is 227 g/mol. The van der Waals surface area contributed by atoms with E-state index in [9.17, 15) is 9.59 Å². The molecule has 1 aliphatic carbocycles. The Morgan fingerprint density at radius 1 is 1.19 bits per heavy atom. The van der Waals surface area contributed by atoms with E-state index in [1.165, 1.54) is 7.11 Å². The van der Waals surface area contributed by atoms with Crippen molar-refractivity contribution in [3.05, 3.63) is 0 Å². The fourth-order valence-corrected chi connectivity index (χ4v) is 1.97. The van der Waals surface area contributed by atoms with Crippen LogP contribution in [-0.2, 0) is 9.53 Å². The van der Waals surface area contributed by atoms with Crippen LogP contribution in [0.25, 0.3) is 0 Å². The summed E-state index contributed by atoms with van der Waals surface area (Å²) in [5, 5.41) is 0. The SMILES string of the molecule is COC(=O)N1CCN(C(=O)C2CC2N)CC1. The summed E-state index contributed by atoms with van der Waals surface area (Å²) in [6, 6.07) is 0.0473. The van der Waals surface area contributed by atoms with Crippen LogP contribution in [0, 0.1) is 5.92 Å². The summed E-state index contributed by atoms with van der Waals surface area (Å²) < 4.78 is 4.63. The molecule has 16 heavy (non-hydrogen) atoms. The fraction of sp³-hybridized carbons (Fsp3) is 0.800. The highest BCUT2D eigenvalue weighted by atomic mass is 16.5. The summed E-state index contributed by atoms with van der Waals surface area (Å²) in [6.45, 7) is 2.25. The predicted octanol–water partition coefficient (Wildman–Crippen LogP) is -0.756. The van der Waals surface area contributed by atoms with Gasteiger partial charge < -0.3 is 20.3 Å². The van der Waals surface area contributed by atoms with Gasteiger partial charge in [-0.3, -0.25) is 4.79 Å². The zero-order valence-corrected chi connectivity index (χ0v) is 9.39. The molecular weight excluding hydrogens is 210 g/mol. The molecule has 0 aromatic carbocycles. The lowest BCUT2D eigenvalue weighted by molar-refractivity contribution is -0.134. The summed E-state index contributed by atoms with van der Waals surface area (Å²) in [5.74, 6) is 0.154. The van der Waals surface area contributed by atoms with Gasteiger partial charge in [-0.1, -0.05) is 0 Å². The molecule has 2 N–H and O–H groups in total. The Hall–Kier alpha value is -1.30. The van der Waals surface area contributed by atoms with Gasteiger partial charge in [0.15, 0.2) is 0 Å². The molecular formula is C10H17N3O3. The molecule has 0 aromatic rings. The Morgan fingerprint density at radius 2 is 1.69 bits per heavy atom. The number of amides is 2. The number of piperazine rings is 1. The molecule has 1 aliphatic heterocycles. The molecule has 1 saturated carbocycles. The first-order valence-electron chi connectivity index (χ1n) is 5.50. The zero-order chi connectivity index (χ0) is 11.7. The lowest BCUT2D eigenvalue weighted by atomic mass is 10.2. The summed E-state index contributed by atoms with van der Waals surface area (Å²) >= 11 is 0. The minimum atomic E-state index is -0.324. The standard InChI is InChI=1S/C10H17N3O3/c1-16-10(15)13-4-2-12(3-5-13)9(14)7-6-8(7)11/h7-8H,2-6,11H2,1H3. The van der Waals surface area contributed by atoms with Crippen molar-refractivity contribution in [2.45, 2.75) is 12.5 Å². The fourth-order valence-electron chi connectivity index (χ4n) is 1.97. The average molecular weight is 227 g/mol. The van der Waals surface area contributed by atoms with Gasteiger partial charge in [0.25, 0.3) is 0 Å². The zero-order valence-electron chi connectivity index (χ0n) is 9.39. The number of nitrogens with two attached hydrogens (primary N) is 1. The second-order valence-electron chi connectivity index (χ2n) is 4.29. The van der Waals surface area contributed by atoms with E-state index in [1.807, 2.05) is 0 Å². The topological polar surface area (TPSA) is 75.9 Å². The second kappa shape index (κ2) is 4.29. The van der Waals surface area contributed by atoms with Gasteiger partial charge in [0.1, 0.15) is 0 Å². The van der Waals surface area contributed by atoms with E-state index in [0.29, 0.717) is 26.2 Å². The lowest BCUT2D eigenvalue weighted by Gasteiger charge is -2.34. The molecule has 0 spiro atoms. The van der Waals surface area contributed by atoms with Crippen LogP contribution in [-0.4, -0.2) is 61.1 Å². The molecule has 2 amide bonds. The maximum atomic E-state index is 11.8. The van der Waals surface area contributed by atoms with Crippen LogP contribution in [0.2, 0.25) is 0 Å². The molecule has 2 atom stereocenters. The highest BCUT2D eigenvalue weighted by Crippen LogP contribution is 2.30. The second-order valence-corrected chi connectivity index (χ2v) is 4.29. The third kappa shape index (κ3) is 2.11. The number of rotatable bonds is 1. The van der Waals surface area contributed by atoms with Crippen LogP contribution in [0.4, 0.5) is 4.79 Å². The van der Waals surface area contributed by atoms with E-state index in [-0.39, 0.29) is 24.0 Å². The molecule has 1 saturated heterocycles. The van der Waals surface area contributed by atoms with Gasteiger partial charge in [-0.2, -0.15) is 0 Å². The number of carbonyl (C=O) groups excluding carboxylic acids is 2. The highest BCUT2D eigenvalue weighted by Gasteiger charge is 2.42. The largest absolute Gasteiger partial charge is 0.453 e. The Kier molecular flexibility index (Phi) is 3.00. The van der Waals surface area contributed by atoms with Crippen molar-refractivity contribution in [3.63, 3.8) is 0 Å². The number of carbonyl (C=O) groups is 2. The summed E-state index contributed by atoms with van der Waals surface area (Å²) in [6.07, 6.45) is 0.478. The maximum Gasteiger partial charge on any atom is 0.409 e. The van der Waals surface area contributed by atoms with E-state index < -0.39 is 0 Å². The van der Waals surface area contributed by atoms with Gasteiger partial charge in [0.05, 0.1) is 13.0 Å². The first-order valence-corrected chi connectivity index (χ1v) is 5.50. The van der Waals surface area contributed by atoms with Crippen molar-refractivity contribution >= 4 is 12.0 Å². The normalized spacial score (nSPS) is 28.9. The van der Waals surface area contributed by atoms with Crippen LogP contribution < -0.4 is 5.73 Å². The molecule has 90 valence electrons. The lowest BCUT2D eigenvalue weighted by Crippen LogP contribution is -2.51. The van der Waals surface area contributed by atoms with E-state index >= 15 is 0 Å². The highest BCUT2D eigenvalue weighted by molar-refractivity contribution is 5.82. The Bertz CT molecular complexity index is 300. The quantitative estimate of drug-likeness (QED) is 0.639. The minimum Gasteiger partial charge on any atom is -0.453 e. The predicted molar refractivity (Wildman–Crippen MR) is 56.6 cm³/mol. The molecule has 0 bridgehead atoms. The number of methoxy groups -OCH3 is 1. The molecule has 2 unspecified atom stereocenters. The molecule has 2 rings (SSSR count). The summed E-state index contributed by atoms with van der Waals surface area (Å²) in [5.41, 5.74) is 5.64. The number of nitrogens with zero attached hydrogens (tertiary/aromatic N) is 2. The van der Waals surface area contributed by atoms with Gasteiger partial charge in [0, 0.05) is 32.2 Å². The van der Waals surface area contributed by atoms with Crippen molar-refractivity contribution in [1.29, 1.82) is 0 Å². The van der Waals surface area contributed by atoms with Gasteiger partial charge in [-0.25, -0.2) is 4.79 Å². The number of hydrogen-bond acceptors (Lipinski definition) is 4. The van der Waals surface area contributed by atoms with Crippen LogP contribution in [0.3, 0.4) is 0 Å².